The zero-order valence-corrected chi connectivity index (χ0v) is 11.1. The van der Waals surface area contributed by atoms with Crippen LogP contribution in [0.5, 0.6) is 0 Å². The predicted octanol–water partition coefficient (Wildman–Crippen LogP) is 4.03. The van der Waals surface area contributed by atoms with Crippen LogP contribution in [-0.4, -0.2) is 11.1 Å². The molecule has 0 aliphatic carbocycles. The fraction of sp³-hybridized carbons (Fsp3) is 0.133. The van der Waals surface area contributed by atoms with Gasteiger partial charge in [-0.1, -0.05) is 41.9 Å². The van der Waals surface area contributed by atoms with E-state index >= 15 is 0 Å². The molecule has 2 rings (SSSR count). The minimum Gasteiger partial charge on any atom is -0.481 e. The molecule has 2 aromatic carbocycles. The number of benzene rings is 2. The quantitative estimate of drug-likeness (QED) is 0.925. The molecule has 1 N–H and O–H groups in total. The van der Waals surface area contributed by atoms with E-state index in [2.05, 4.69) is 0 Å². The van der Waals surface area contributed by atoms with Gasteiger partial charge in [0, 0.05) is 5.56 Å². The van der Waals surface area contributed by atoms with Gasteiger partial charge in [-0.3, -0.25) is 4.79 Å². The second-order valence-electron chi connectivity index (χ2n) is 4.33. The lowest BCUT2D eigenvalue weighted by Crippen LogP contribution is -2.16. The van der Waals surface area contributed by atoms with Gasteiger partial charge < -0.3 is 5.11 Å². The lowest BCUT2D eigenvalue weighted by Gasteiger charge is -2.14. The van der Waals surface area contributed by atoms with Gasteiger partial charge in [0.25, 0.3) is 0 Å². The standard InChI is InChI=1S/C15H11ClF2O2/c16-12-6-3-4-9(14(12)18)8-11(15(19)20)10-5-1-2-7-13(10)17/h1-7,11H,8H2,(H,19,20). The van der Waals surface area contributed by atoms with Crippen molar-refractivity contribution in [3.63, 3.8) is 0 Å². The largest absolute Gasteiger partial charge is 0.481 e. The number of rotatable bonds is 4. The van der Waals surface area contributed by atoms with Gasteiger partial charge in [0.15, 0.2) is 0 Å². The summed E-state index contributed by atoms with van der Waals surface area (Å²) in [6.07, 6.45) is -0.164. The number of halogens is 3. The lowest BCUT2D eigenvalue weighted by molar-refractivity contribution is -0.138. The Labute approximate surface area is 119 Å². The molecule has 0 aliphatic rings. The highest BCUT2D eigenvalue weighted by atomic mass is 35.5. The van der Waals surface area contributed by atoms with E-state index in [1.54, 1.807) is 6.07 Å². The van der Waals surface area contributed by atoms with Gasteiger partial charge in [-0.15, -0.1) is 0 Å². The van der Waals surface area contributed by atoms with Crippen molar-refractivity contribution < 1.29 is 18.7 Å². The van der Waals surface area contributed by atoms with E-state index in [1.165, 1.54) is 36.4 Å². The summed E-state index contributed by atoms with van der Waals surface area (Å²) in [5, 5.41) is 9.17. The summed E-state index contributed by atoms with van der Waals surface area (Å²) in [6.45, 7) is 0. The maximum absolute atomic E-state index is 13.8. The maximum Gasteiger partial charge on any atom is 0.311 e. The molecule has 0 saturated carbocycles. The van der Waals surface area contributed by atoms with Gasteiger partial charge in [-0.2, -0.15) is 0 Å². The van der Waals surface area contributed by atoms with Crippen LogP contribution in [0.25, 0.3) is 0 Å². The Morgan fingerprint density at radius 3 is 2.50 bits per heavy atom. The fourth-order valence-electron chi connectivity index (χ4n) is 2.01. The van der Waals surface area contributed by atoms with Gasteiger partial charge in [0.1, 0.15) is 11.6 Å². The molecular weight excluding hydrogens is 286 g/mol. The Kier molecular flexibility index (Phi) is 4.35. The van der Waals surface area contributed by atoms with Crippen LogP contribution < -0.4 is 0 Å². The van der Waals surface area contributed by atoms with Crippen molar-refractivity contribution in [2.45, 2.75) is 12.3 Å². The first kappa shape index (κ1) is 14.5. The summed E-state index contributed by atoms with van der Waals surface area (Å²) in [5.41, 5.74) is 0.174. The first-order valence-electron chi connectivity index (χ1n) is 5.91. The Morgan fingerprint density at radius 1 is 1.15 bits per heavy atom. The van der Waals surface area contributed by atoms with Crippen molar-refractivity contribution in [3.8, 4) is 0 Å². The van der Waals surface area contributed by atoms with Gasteiger partial charge in [-0.05, 0) is 24.1 Å². The Bertz CT molecular complexity index is 644. The zero-order valence-electron chi connectivity index (χ0n) is 10.3. The van der Waals surface area contributed by atoms with Crippen LogP contribution in [0.4, 0.5) is 8.78 Å². The first-order valence-corrected chi connectivity index (χ1v) is 6.28. The molecule has 0 heterocycles. The Morgan fingerprint density at radius 2 is 1.85 bits per heavy atom. The zero-order chi connectivity index (χ0) is 14.7. The second-order valence-corrected chi connectivity index (χ2v) is 4.74. The number of carboxylic acid groups (broad SMARTS) is 1. The molecule has 104 valence electrons. The molecule has 0 fully saturated rings. The van der Waals surface area contributed by atoms with Crippen molar-refractivity contribution in [3.05, 3.63) is 70.2 Å². The van der Waals surface area contributed by atoms with Crippen LogP contribution in [0.2, 0.25) is 5.02 Å². The molecule has 0 saturated heterocycles. The minimum atomic E-state index is -1.21. The SMILES string of the molecule is O=C(O)C(Cc1cccc(Cl)c1F)c1ccccc1F. The third-order valence-electron chi connectivity index (χ3n) is 3.03. The third-order valence-corrected chi connectivity index (χ3v) is 3.33. The summed E-state index contributed by atoms with van der Waals surface area (Å²) in [7, 11) is 0. The van der Waals surface area contributed by atoms with Gasteiger partial charge in [0.2, 0.25) is 0 Å². The number of aliphatic carboxylic acids is 1. The Balaban J connectivity index is 2.39. The third kappa shape index (κ3) is 2.96. The van der Waals surface area contributed by atoms with Crippen LogP contribution >= 0.6 is 11.6 Å². The normalized spacial score (nSPS) is 12.2. The van der Waals surface area contributed by atoms with E-state index in [9.17, 15) is 18.7 Å². The van der Waals surface area contributed by atoms with Crippen LogP contribution in [0.15, 0.2) is 42.5 Å². The summed E-state index contributed by atoms with van der Waals surface area (Å²) in [5.74, 6) is -3.67. The molecule has 0 spiro atoms. The van der Waals surface area contributed by atoms with E-state index in [0.29, 0.717) is 0 Å². The van der Waals surface area contributed by atoms with Gasteiger partial charge >= 0.3 is 5.97 Å². The highest BCUT2D eigenvalue weighted by molar-refractivity contribution is 6.30. The number of carboxylic acids is 1. The molecule has 0 aliphatic heterocycles. The first-order chi connectivity index (χ1) is 9.50. The molecule has 0 aromatic heterocycles. The highest BCUT2D eigenvalue weighted by Gasteiger charge is 2.24. The average Bonchev–Trinajstić information content (AvgIpc) is 2.41. The molecular formula is C15H11ClF2O2. The molecule has 5 heteroatoms. The average molecular weight is 297 g/mol. The van der Waals surface area contributed by atoms with E-state index in [0.717, 1.165) is 0 Å². The second kappa shape index (κ2) is 6.01. The number of carbonyl (C=O) groups is 1. The molecule has 2 nitrogen and oxygen atoms in total. The van der Waals surface area contributed by atoms with Crippen molar-refractivity contribution in [2.24, 2.45) is 0 Å². The minimum absolute atomic E-state index is 0.0272. The predicted molar refractivity (Wildman–Crippen MR) is 71.9 cm³/mol. The van der Waals surface area contributed by atoms with Gasteiger partial charge in [0.05, 0.1) is 10.9 Å². The number of hydrogen-bond acceptors (Lipinski definition) is 1. The van der Waals surface area contributed by atoms with E-state index in [1.807, 2.05) is 0 Å². The fourth-order valence-corrected chi connectivity index (χ4v) is 2.21. The molecule has 1 unspecified atom stereocenters. The van der Waals surface area contributed by atoms with Crippen LogP contribution in [-0.2, 0) is 11.2 Å². The van der Waals surface area contributed by atoms with Crippen molar-refractivity contribution >= 4 is 17.6 Å². The van der Waals surface area contributed by atoms with Crippen molar-refractivity contribution in [2.75, 3.05) is 0 Å². The van der Waals surface area contributed by atoms with Gasteiger partial charge in [-0.25, -0.2) is 8.78 Å². The van der Waals surface area contributed by atoms with E-state index in [4.69, 9.17) is 11.6 Å². The summed E-state index contributed by atoms with van der Waals surface area (Å²) in [6, 6.07) is 9.93. The number of hydrogen-bond donors (Lipinski definition) is 1. The smallest absolute Gasteiger partial charge is 0.311 e. The lowest BCUT2D eigenvalue weighted by atomic mass is 9.91. The Hall–Kier alpha value is -1.94. The molecule has 0 radical (unpaired) electrons. The van der Waals surface area contributed by atoms with Crippen molar-refractivity contribution in [1.82, 2.24) is 0 Å². The van der Waals surface area contributed by atoms with E-state index in [-0.39, 0.29) is 22.6 Å². The van der Waals surface area contributed by atoms with Crippen LogP contribution in [0.1, 0.15) is 17.0 Å². The highest BCUT2D eigenvalue weighted by Crippen LogP contribution is 2.27. The van der Waals surface area contributed by atoms with Crippen LogP contribution in [0, 0.1) is 11.6 Å². The molecule has 2 aromatic rings. The molecule has 1 atom stereocenters. The maximum atomic E-state index is 13.8. The summed E-state index contributed by atoms with van der Waals surface area (Å²) in [4.78, 5) is 11.3. The molecule has 20 heavy (non-hydrogen) atoms. The molecule has 0 bridgehead atoms. The topological polar surface area (TPSA) is 37.3 Å². The van der Waals surface area contributed by atoms with E-state index < -0.39 is 23.5 Å². The monoisotopic (exact) mass is 296 g/mol. The summed E-state index contributed by atoms with van der Waals surface area (Å²) < 4.78 is 27.5. The van der Waals surface area contributed by atoms with Crippen LogP contribution in [0.3, 0.4) is 0 Å². The summed E-state index contributed by atoms with van der Waals surface area (Å²) >= 11 is 5.66. The molecule has 0 amide bonds. The van der Waals surface area contributed by atoms with Crippen molar-refractivity contribution in [1.29, 1.82) is 0 Å².